The van der Waals surface area contributed by atoms with Gasteiger partial charge in [0.1, 0.15) is 0 Å². The summed E-state index contributed by atoms with van der Waals surface area (Å²) in [5.41, 5.74) is 0.788. The Hall–Kier alpha value is -1.40. The first-order valence-electron chi connectivity index (χ1n) is 11.2. The fourth-order valence-electron chi connectivity index (χ4n) is 3.85. The molecule has 164 valence electrons. The minimum absolute atomic E-state index is 0.00508. The Bertz CT molecular complexity index is 690. The van der Waals surface area contributed by atoms with Crippen LogP contribution in [-0.2, 0) is 25.3 Å². The Morgan fingerprint density at radius 1 is 0.897 bits per heavy atom. The van der Waals surface area contributed by atoms with E-state index >= 15 is 0 Å². The zero-order valence-corrected chi connectivity index (χ0v) is 18.6. The number of cyclic esters (lactones) is 1. The van der Waals surface area contributed by atoms with E-state index in [1.807, 2.05) is 37.3 Å². The lowest BCUT2D eigenvalue weighted by molar-refractivity contribution is -0.148. The van der Waals surface area contributed by atoms with Gasteiger partial charge in [0.25, 0.3) is 0 Å². The molecule has 1 N–H and O–H groups in total. The van der Waals surface area contributed by atoms with Gasteiger partial charge in [0, 0.05) is 12.5 Å². The van der Waals surface area contributed by atoms with Crippen LogP contribution < -0.4 is 4.72 Å². The summed E-state index contributed by atoms with van der Waals surface area (Å²) in [6, 6.07) is 9.14. The van der Waals surface area contributed by atoms with Crippen molar-refractivity contribution in [1.29, 1.82) is 0 Å². The van der Waals surface area contributed by atoms with Gasteiger partial charge in [0.15, 0.2) is 0 Å². The van der Waals surface area contributed by atoms with E-state index in [2.05, 4.69) is 4.72 Å². The molecule has 0 aliphatic carbocycles. The van der Waals surface area contributed by atoms with Gasteiger partial charge in [-0.1, -0.05) is 75.3 Å². The van der Waals surface area contributed by atoms with E-state index in [9.17, 15) is 13.2 Å². The van der Waals surface area contributed by atoms with Crippen molar-refractivity contribution < 1.29 is 17.9 Å². The summed E-state index contributed by atoms with van der Waals surface area (Å²) < 4.78 is 33.7. The van der Waals surface area contributed by atoms with Crippen molar-refractivity contribution in [3.63, 3.8) is 0 Å². The van der Waals surface area contributed by atoms with Gasteiger partial charge in [0.05, 0.1) is 11.9 Å². The van der Waals surface area contributed by atoms with Crippen LogP contribution in [0.2, 0.25) is 0 Å². The third kappa shape index (κ3) is 10.8. The first kappa shape index (κ1) is 23.9. The van der Waals surface area contributed by atoms with Gasteiger partial charge >= 0.3 is 5.97 Å². The number of nitrogens with one attached hydrogen (secondary N) is 1. The van der Waals surface area contributed by atoms with E-state index in [0.717, 1.165) is 37.7 Å². The molecule has 1 fully saturated rings. The standard InChI is InChI=1S/C23H37NO4S/c1-20-17-18-22(24-29(26,27)19-21-13-9-8-10-14-21)15-11-6-4-2-3-5-7-12-16-23(25)28-20/h8-10,13-14,20,22,24H,2-7,11-12,15-19H2,1H3. The van der Waals surface area contributed by atoms with Crippen LogP contribution >= 0.6 is 0 Å². The summed E-state index contributed by atoms with van der Waals surface area (Å²) in [4.78, 5) is 12.0. The highest BCUT2D eigenvalue weighted by Crippen LogP contribution is 2.17. The molecule has 2 unspecified atom stereocenters. The third-order valence-corrected chi connectivity index (χ3v) is 6.89. The number of carbonyl (C=O) groups excluding carboxylic acids is 1. The summed E-state index contributed by atoms with van der Waals surface area (Å²) in [5.74, 6) is -0.139. The summed E-state index contributed by atoms with van der Waals surface area (Å²) in [6.07, 6.45) is 11.4. The number of rotatable bonds is 4. The van der Waals surface area contributed by atoms with Gasteiger partial charge in [0.2, 0.25) is 10.0 Å². The van der Waals surface area contributed by atoms with Crippen molar-refractivity contribution in [3.8, 4) is 0 Å². The lowest BCUT2D eigenvalue weighted by Crippen LogP contribution is -2.36. The molecule has 1 saturated heterocycles. The Morgan fingerprint density at radius 2 is 1.52 bits per heavy atom. The van der Waals surface area contributed by atoms with Crippen LogP contribution in [0.3, 0.4) is 0 Å². The van der Waals surface area contributed by atoms with E-state index < -0.39 is 10.0 Å². The smallest absolute Gasteiger partial charge is 0.306 e. The molecular formula is C23H37NO4S. The van der Waals surface area contributed by atoms with Crippen molar-refractivity contribution in [1.82, 2.24) is 4.72 Å². The van der Waals surface area contributed by atoms with Gasteiger partial charge in [-0.05, 0) is 38.2 Å². The maximum Gasteiger partial charge on any atom is 0.306 e. The molecule has 1 aliphatic heterocycles. The predicted octanol–water partition coefficient (Wildman–Crippen LogP) is 5.10. The molecule has 5 nitrogen and oxygen atoms in total. The Kier molecular flexibility index (Phi) is 10.7. The molecule has 29 heavy (non-hydrogen) atoms. The van der Waals surface area contributed by atoms with Crippen molar-refractivity contribution >= 4 is 16.0 Å². The fourth-order valence-corrected chi connectivity index (χ4v) is 5.31. The first-order chi connectivity index (χ1) is 13.9. The molecule has 2 atom stereocenters. The maximum absolute atomic E-state index is 12.7. The molecule has 0 saturated carbocycles. The molecule has 1 aromatic rings. The number of ether oxygens (including phenoxy) is 1. The van der Waals surface area contributed by atoms with E-state index in [0.29, 0.717) is 19.3 Å². The lowest BCUT2D eigenvalue weighted by Gasteiger charge is -2.21. The predicted molar refractivity (Wildman–Crippen MR) is 117 cm³/mol. The van der Waals surface area contributed by atoms with Crippen molar-refractivity contribution in [2.75, 3.05) is 0 Å². The zero-order chi connectivity index (χ0) is 21.0. The molecule has 1 aliphatic rings. The van der Waals surface area contributed by atoms with Crippen LogP contribution in [0.5, 0.6) is 0 Å². The van der Waals surface area contributed by atoms with E-state index in [4.69, 9.17) is 4.74 Å². The fraction of sp³-hybridized carbons (Fsp3) is 0.696. The normalized spacial score (nSPS) is 24.0. The third-order valence-electron chi connectivity index (χ3n) is 5.48. The molecule has 0 radical (unpaired) electrons. The van der Waals surface area contributed by atoms with Gasteiger partial charge in [-0.15, -0.1) is 0 Å². The van der Waals surface area contributed by atoms with Crippen LogP contribution in [0.15, 0.2) is 30.3 Å². The van der Waals surface area contributed by atoms with Crippen LogP contribution in [0.25, 0.3) is 0 Å². The molecule has 1 aromatic carbocycles. The molecule has 1 heterocycles. The average molecular weight is 424 g/mol. The molecule has 0 amide bonds. The Morgan fingerprint density at radius 3 is 2.21 bits per heavy atom. The quantitative estimate of drug-likeness (QED) is 0.684. The summed E-state index contributed by atoms with van der Waals surface area (Å²) >= 11 is 0. The van der Waals surface area contributed by atoms with Crippen LogP contribution in [0.4, 0.5) is 0 Å². The minimum Gasteiger partial charge on any atom is -0.463 e. The summed E-state index contributed by atoms with van der Waals surface area (Å²) in [6.45, 7) is 1.90. The SMILES string of the molecule is CC1CCC(NS(=O)(=O)Cc2ccccc2)CCCCCCCCCCC(=O)O1. The largest absolute Gasteiger partial charge is 0.463 e. The Labute approximate surface area is 176 Å². The molecular weight excluding hydrogens is 386 g/mol. The number of hydrogen-bond donors (Lipinski definition) is 1. The van der Waals surface area contributed by atoms with Crippen LogP contribution in [-0.4, -0.2) is 26.5 Å². The number of esters is 1. The molecule has 6 heteroatoms. The highest BCUT2D eigenvalue weighted by atomic mass is 32.2. The van der Waals surface area contributed by atoms with E-state index in [-0.39, 0.29) is 23.9 Å². The molecule has 0 spiro atoms. The minimum atomic E-state index is -3.41. The highest BCUT2D eigenvalue weighted by Gasteiger charge is 2.20. The number of hydrogen-bond acceptors (Lipinski definition) is 4. The van der Waals surface area contributed by atoms with Crippen LogP contribution in [0.1, 0.15) is 89.5 Å². The topological polar surface area (TPSA) is 72.5 Å². The second-order valence-electron chi connectivity index (χ2n) is 8.30. The van der Waals surface area contributed by atoms with Gasteiger partial charge in [-0.3, -0.25) is 4.79 Å². The maximum atomic E-state index is 12.7. The zero-order valence-electron chi connectivity index (χ0n) is 17.8. The highest BCUT2D eigenvalue weighted by molar-refractivity contribution is 7.88. The first-order valence-corrected chi connectivity index (χ1v) is 12.8. The van der Waals surface area contributed by atoms with E-state index in [1.54, 1.807) is 0 Å². The lowest BCUT2D eigenvalue weighted by atomic mass is 10.0. The Balaban J connectivity index is 1.93. The monoisotopic (exact) mass is 423 g/mol. The van der Waals surface area contributed by atoms with Crippen molar-refractivity contribution in [2.24, 2.45) is 0 Å². The second-order valence-corrected chi connectivity index (χ2v) is 10.1. The molecule has 0 bridgehead atoms. The van der Waals surface area contributed by atoms with Gasteiger partial charge in [-0.2, -0.15) is 0 Å². The number of benzene rings is 1. The van der Waals surface area contributed by atoms with Crippen molar-refractivity contribution in [2.45, 2.75) is 102 Å². The van der Waals surface area contributed by atoms with Crippen molar-refractivity contribution in [3.05, 3.63) is 35.9 Å². The summed E-state index contributed by atoms with van der Waals surface area (Å²) in [7, 11) is -3.41. The molecule has 2 rings (SSSR count). The second kappa shape index (κ2) is 13.0. The van der Waals surface area contributed by atoms with Crippen LogP contribution in [0, 0.1) is 0 Å². The van der Waals surface area contributed by atoms with E-state index in [1.165, 1.54) is 25.7 Å². The molecule has 0 aromatic heterocycles. The number of sulfonamides is 1. The van der Waals surface area contributed by atoms with Gasteiger partial charge in [-0.25, -0.2) is 13.1 Å². The number of carbonyl (C=O) groups is 1. The average Bonchev–Trinajstić information content (AvgIpc) is 2.66. The summed E-state index contributed by atoms with van der Waals surface area (Å²) in [5, 5.41) is 0. The van der Waals surface area contributed by atoms with Gasteiger partial charge < -0.3 is 4.74 Å².